The summed E-state index contributed by atoms with van der Waals surface area (Å²) in [6.45, 7) is 7.22. The standard InChI is InChI=1S/C15H13Cl2N3O/c1-9-13-10(2)20(7-6-19(13)8-18-15(9)21)14-11(16)4-3-5-12(14)17/h3-5,8H,2,6-7H2,1H3. The molecule has 2 heterocycles. The molecule has 0 N–H and O–H groups in total. The lowest BCUT2D eigenvalue weighted by Crippen LogP contribution is -2.35. The quantitative estimate of drug-likeness (QED) is 0.808. The second-order valence-corrected chi connectivity index (χ2v) is 5.70. The van der Waals surface area contributed by atoms with Crippen molar-refractivity contribution in [1.82, 2.24) is 9.55 Å². The van der Waals surface area contributed by atoms with Crippen LogP contribution < -0.4 is 10.5 Å². The average molecular weight is 322 g/mol. The van der Waals surface area contributed by atoms with Crippen molar-refractivity contribution in [2.24, 2.45) is 0 Å². The Bertz CT molecular complexity index is 778. The van der Waals surface area contributed by atoms with Crippen LogP contribution >= 0.6 is 23.2 Å². The number of hydrogen-bond acceptors (Lipinski definition) is 3. The van der Waals surface area contributed by atoms with Crippen LogP contribution in [0.5, 0.6) is 0 Å². The summed E-state index contributed by atoms with van der Waals surface area (Å²) in [6.07, 6.45) is 1.56. The molecule has 0 radical (unpaired) electrons. The molecule has 0 unspecified atom stereocenters. The van der Waals surface area contributed by atoms with Gasteiger partial charge in [0.05, 0.1) is 33.5 Å². The molecule has 1 aliphatic heterocycles. The summed E-state index contributed by atoms with van der Waals surface area (Å²) in [5.41, 5.74) is 2.54. The molecule has 3 rings (SSSR count). The van der Waals surface area contributed by atoms with Crippen molar-refractivity contribution in [2.45, 2.75) is 13.5 Å². The van der Waals surface area contributed by atoms with E-state index >= 15 is 0 Å². The molecule has 0 fully saturated rings. The van der Waals surface area contributed by atoms with Crippen molar-refractivity contribution < 1.29 is 0 Å². The number of aromatic nitrogens is 2. The zero-order chi connectivity index (χ0) is 15.1. The molecule has 0 saturated carbocycles. The summed E-state index contributed by atoms with van der Waals surface area (Å²) < 4.78 is 1.93. The van der Waals surface area contributed by atoms with E-state index in [0.29, 0.717) is 34.4 Å². The van der Waals surface area contributed by atoms with Gasteiger partial charge in [0.1, 0.15) is 0 Å². The highest BCUT2D eigenvalue weighted by Crippen LogP contribution is 2.38. The Morgan fingerprint density at radius 1 is 1.24 bits per heavy atom. The van der Waals surface area contributed by atoms with Crippen molar-refractivity contribution in [3.63, 3.8) is 0 Å². The monoisotopic (exact) mass is 321 g/mol. The molecule has 0 aliphatic carbocycles. The second kappa shape index (κ2) is 5.20. The van der Waals surface area contributed by atoms with Crippen LogP contribution in [0.2, 0.25) is 10.0 Å². The minimum absolute atomic E-state index is 0.241. The minimum Gasteiger partial charge on any atom is -0.336 e. The molecule has 2 aromatic rings. The highest BCUT2D eigenvalue weighted by atomic mass is 35.5. The number of halogens is 2. The number of nitrogens with zero attached hydrogens (tertiary/aromatic N) is 3. The van der Waals surface area contributed by atoms with Gasteiger partial charge in [0.2, 0.25) is 0 Å². The molecule has 0 amide bonds. The molecule has 1 aromatic heterocycles. The van der Waals surface area contributed by atoms with Gasteiger partial charge in [-0.3, -0.25) is 4.79 Å². The number of para-hydroxylation sites is 1. The molecular weight excluding hydrogens is 309 g/mol. The Morgan fingerprint density at radius 3 is 2.57 bits per heavy atom. The predicted molar refractivity (Wildman–Crippen MR) is 86.1 cm³/mol. The van der Waals surface area contributed by atoms with E-state index < -0.39 is 0 Å². The molecule has 4 nitrogen and oxygen atoms in total. The fourth-order valence-electron chi connectivity index (χ4n) is 2.61. The summed E-state index contributed by atoms with van der Waals surface area (Å²) in [6, 6.07) is 5.38. The van der Waals surface area contributed by atoms with E-state index in [4.69, 9.17) is 23.2 Å². The first-order chi connectivity index (χ1) is 10.0. The van der Waals surface area contributed by atoms with Crippen LogP contribution in [0, 0.1) is 6.92 Å². The lowest BCUT2D eigenvalue weighted by Gasteiger charge is -2.35. The normalized spacial score (nSPS) is 14.2. The van der Waals surface area contributed by atoms with Crippen LogP contribution in [0.3, 0.4) is 0 Å². The van der Waals surface area contributed by atoms with Crippen molar-refractivity contribution in [3.8, 4) is 0 Å². The van der Waals surface area contributed by atoms with E-state index in [0.717, 1.165) is 11.4 Å². The van der Waals surface area contributed by atoms with Crippen molar-refractivity contribution >= 4 is 34.6 Å². The van der Waals surface area contributed by atoms with Crippen molar-refractivity contribution in [3.05, 3.63) is 62.8 Å². The summed E-state index contributed by atoms with van der Waals surface area (Å²) >= 11 is 12.6. The summed E-state index contributed by atoms with van der Waals surface area (Å²) in [7, 11) is 0. The summed E-state index contributed by atoms with van der Waals surface area (Å²) in [4.78, 5) is 17.6. The topological polar surface area (TPSA) is 38.1 Å². The van der Waals surface area contributed by atoms with Gasteiger partial charge in [-0.05, 0) is 19.1 Å². The molecule has 1 aromatic carbocycles. The Balaban J connectivity index is 2.15. The molecule has 0 bridgehead atoms. The summed E-state index contributed by atoms with van der Waals surface area (Å²) in [5, 5.41) is 1.12. The SMILES string of the molecule is C=C1c2c(C)c(=O)ncn2CCN1c1c(Cl)cccc1Cl. The maximum absolute atomic E-state index is 11.8. The number of rotatable bonds is 1. The lowest BCUT2D eigenvalue weighted by molar-refractivity contribution is 0.633. The number of hydrogen-bond donors (Lipinski definition) is 0. The van der Waals surface area contributed by atoms with Crippen molar-refractivity contribution in [2.75, 3.05) is 11.4 Å². The van der Waals surface area contributed by atoms with Crippen LogP contribution in [0.4, 0.5) is 5.69 Å². The fourth-order valence-corrected chi connectivity index (χ4v) is 3.21. The maximum atomic E-state index is 11.8. The van der Waals surface area contributed by atoms with Gasteiger partial charge in [0.15, 0.2) is 0 Å². The summed E-state index contributed by atoms with van der Waals surface area (Å²) in [5.74, 6) is 0. The van der Waals surface area contributed by atoms with E-state index in [-0.39, 0.29) is 5.56 Å². The fraction of sp³-hybridized carbons (Fsp3) is 0.200. The highest BCUT2D eigenvalue weighted by molar-refractivity contribution is 6.39. The Labute approximate surface area is 132 Å². The third-order valence-corrected chi connectivity index (χ3v) is 4.26. The van der Waals surface area contributed by atoms with E-state index in [1.165, 1.54) is 0 Å². The largest absolute Gasteiger partial charge is 0.336 e. The third kappa shape index (κ3) is 2.24. The molecule has 0 spiro atoms. The molecule has 108 valence electrons. The molecule has 1 aliphatic rings. The first-order valence-electron chi connectivity index (χ1n) is 6.47. The highest BCUT2D eigenvalue weighted by Gasteiger charge is 2.25. The van der Waals surface area contributed by atoms with Crippen LogP contribution in [0.25, 0.3) is 5.70 Å². The van der Waals surface area contributed by atoms with Gasteiger partial charge in [0.25, 0.3) is 5.56 Å². The van der Waals surface area contributed by atoms with Gasteiger partial charge in [-0.15, -0.1) is 0 Å². The van der Waals surface area contributed by atoms with Crippen molar-refractivity contribution in [1.29, 1.82) is 0 Å². The van der Waals surface area contributed by atoms with E-state index in [2.05, 4.69) is 11.6 Å². The molecule has 0 saturated heterocycles. The smallest absolute Gasteiger partial charge is 0.276 e. The van der Waals surface area contributed by atoms with Crippen LogP contribution in [0.15, 0.2) is 35.9 Å². The Morgan fingerprint density at radius 2 is 1.90 bits per heavy atom. The molecule has 21 heavy (non-hydrogen) atoms. The van der Waals surface area contributed by atoms with Gasteiger partial charge in [0, 0.05) is 18.7 Å². The van der Waals surface area contributed by atoms with Crippen LogP contribution in [-0.2, 0) is 6.54 Å². The first kappa shape index (κ1) is 14.2. The Hall–Kier alpha value is -1.78. The second-order valence-electron chi connectivity index (χ2n) is 4.89. The zero-order valence-corrected chi connectivity index (χ0v) is 12.9. The van der Waals surface area contributed by atoms with Gasteiger partial charge < -0.3 is 9.47 Å². The van der Waals surface area contributed by atoms with E-state index in [9.17, 15) is 4.79 Å². The molecule has 6 heteroatoms. The van der Waals surface area contributed by atoms with E-state index in [1.54, 1.807) is 31.5 Å². The minimum atomic E-state index is -0.241. The van der Waals surface area contributed by atoms with E-state index in [1.807, 2.05) is 9.47 Å². The first-order valence-corrected chi connectivity index (χ1v) is 7.23. The third-order valence-electron chi connectivity index (χ3n) is 3.65. The van der Waals surface area contributed by atoms with Gasteiger partial charge in [-0.25, -0.2) is 0 Å². The number of anilines is 1. The Kier molecular flexibility index (Phi) is 3.51. The number of benzene rings is 1. The van der Waals surface area contributed by atoms with Crippen LogP contribution in [-0.4, -0.2) is 16.1 Å². The van der Waals surface area contributed by atoms with Gasteiger partial charge >= 0.3 is 0 Å². The average Bonchev–Trinajstić information content (AvgIpc) is 2.44. The lowest BCUT2D eigenvalue weighted by atomic mass is 10.1. The van der Waals surface area contributed by atoms with Gasteiger partial charge in [-0.2, -0.15) is 4.98 Å². The van der Waals surface area contributed by atoms with Gasteiger partial charge in [-0.1, -0.05) is 35.8 Å². The number of fused-ring (bicyclic) bond motifs is 1. The van der Waals surface area contributed by atoms with Crippen LogP contribution in [0.1, 0.15) is 11.3 Å². The molecule has 0 atom stereocenters. The molecular formula is C15H13Cl2N3O. The zero-order valence-electron chi connectivity index (χ0n) is 11.4. The predicted octanol–water partition coefficient (Wildman–Crippen LogP) is 3.35. The maximum Gasteiger partial charge on any atom is 0.276 e.